The highest BCUT2D eigenvalue weighted by Gasteiger charge is 2.17. The summed E-state index contributed by atoms with van der Waals surface area (Å²) in [5.74, 6) is -2.00. The zero-order valence-corrected chi connectivity index (χ0v) is 19.6. The lowest BCUT2D eigenvalue weighted by atomic mass is 10.1. The molecule has 0 aromatic rings. The normalized spacial score (nSPS) is 14.9. The van der Waals surface area contributed by atoms with Gasteiger partial charge in [-0.1, -0.05) is 13.8 Å². The molecular weight excluding hydrogens is 408 g/mol. The molecule has 0 radical (unpaired) electrons. The van der Waals surface area contributed by atoms with E-state index in [9.17, 15) is 19.2 Å². The van der Waals surface area contributed by atoms with E-state index in [0.717, 1.165) is 0 Å². The molecule has 0 fully saturated rings. The fraction of sp³-hybridized carbons (Fsp3) is 0.818. The van der Waals surface area contributed by atoms with E-state index in [1.807, 2.05) is 0 Å². The van der Waals surface area contributed by atoms with Crippen LogP contribution in [0.5, 0.6) is 0 Å². The van der Waals surface area contributed by atoms with E-state index >= 15 is 0 Å². The van der Waals surface area contributed by atoms with E-state index in [-0.39, 0.29) is 76.3 Å². The van der Waals surface area contributed by atoms with E-state index in [2.05, 4.69) is 0 Å². The minimum absolute atomic E-state index is 0.0418. The van der Waals surface area contributed by atoms with Gasteiger partial charge in [0.2, 0.25) is 0 Å². The number of carbonyl (C=O) groups is 4. The van der Waals surface area contributed by atoms with E-state index in [4.69, 9.17) is 23.7 Å². The first-order valence-corrected chi connectivity index (χ1v) is 10.6. The van der Waals surface area contributed by atoms with Crippen molar-refractivity contribution in [1.29, 1.82) is 0 Å². The van der Waals surface area contributed by atoms with Gasteiger partial charge in [-0.3, -0.25) is 19.2 Å². The molecule has 0 aliphatic carbocycles. The lowest BCUT2D eigenvalue weighted by Gasteiger charge is -2.14. The van der Waals surface area contributed by atoms with Crippen LogP contribution >= 0.6 is 0 Å². The van der Waals surface area contributed by atoms with Gasteiger partial charge in [0, 0.05) is 11.8 Å². The van der Waals surface area contributed by atoms with E-state index < -0.39 is 23.8 Å². The number of ketones is 2. The van der Waals surface area contributed by atoms with Crippen LogP contribution < -0.4 is 0 Å². The molecule has 0 aromatic heterocycles. The first kappa shape index (κ1) is 29.2. The summed E-state index contributed by atoms with van der Waals surface area (Å²) < 4.78 is 26.2. The van der Waals surface area contributed by atoms with Crippen molar-refractivity contribution in [2.75, 3.05) is 52.9 Å². The Hall–Kier alpha value is -1.84. The zero-order chi connectivity index (χ0) is 23.8. The predicted octanol–water partition coefficient (Wildman–Crippen LogP) is 1.85. The molecule has 9 heteroatoms. The topological polar surface area (TPSA) is 114 Å². The Morgan fingerprint density at radius 2 is 0.839 bits per heavy atom. The van der Waals surface area contributed by atoms with Crippen molar-refractivity contribution < 1.29 is 42.9 Å². The Bertz CT molecular complexity index is 513. The molecule has 0 spiro atoms. The molecule has 31 heavy (non-hydrogen) atoms. The van der Waals surface area contributed by atoms with Crippen LogP contribution in [0.15, 0.2) is 0 Å². The Labute approximate surface area is 185 Å². The molecule has 0 aliphatic rings. The van der Waals surface area contributed by atoms with Crippen LogP contribution in [-0.2, 0) is 42.9 Å². The van der Waals surface area contributed by atoms with Gasteiger partial charge in [-0.25, -0.2) is 0 Å². The van der Waals surface area contributed by atoms with Crippen molar-refractivity contribution in [1.82, 2.24) is 0 Å². The standard InChI is InChI=1S/C22H38O9/c1-15(19(5)23)11-28-13-17(3)21(25)30-9-7-27-8-10-31-22(26)18(4)14-29-12-16(2)20(6)24/h15-18H,7-14H2,1-6H3. The molecule has 9 nitrogen and oxygen atoms in total. The van der Waals surface area contributed by atoms with Crippen LogP contribution in [0.4, 0.5) is 0 Å². The molecule has 0 N–H and O–H groups in total. The Kier molecular flexibility index (Phi) is 15.8. The lowest BCUT2D eigenvalue weighted by Crippen LogP contribution is -2.25. The zero-order valence-electron chi connectivity index (χ0n) is 19.6. The van der Waals surface area contributed by atoms with Crippen LogP contribution in [-0.4, -0.2) is 76.4 Å². The Morgan fingerprint density at radius 1 is 0.516 bits per heavy atom. The van der Waals surface area contributed by atoms with Gasteiger partial charge in [0.1, 0.15) is 24.8 Å². The summed E-state index contributed by atoms with van der Waals surface area (Å²) >= 11 is 0. The minimum Gasteiger partial charge on any atom is -0.463 e. The predicted molar refractivity (Wildman–Crippen MR) is 112 cm³/mol. The number of hydrogen-bond acceptors (Lipinski definition) is 9. The van der Waals surface area contributed by atoms with Crippen molar-refractivity contribution in [3.8, 4) is 0 Å². The second kappa shape index (κ2) is 16.8. The molecule has 0 amide bonds. The summed E-state index contributed by atoms with van der Waals surface area (Å²) in [6.07, 6.45) is 0. The number of hydrogen-bond donors (Lipinski definition) is 0. The van der Waals surface area contributed by atoms with Gasteiger partial charge >= 0.3 is 11.9 Å². The molecule has 0 aliphatic heterocycles. The Morgan fingerprint density at radius 3 is 1.16 bits per heavy atom. The van der Waals surface area contributed by atoms with Crippen LogP contribution in [0.3, 0.4) is 0 Å². The van der Waals surface area contributed by atoms with Crippen LogP contribution in [0.2, 0.25) is 0 Å². The van der Waals surface area contributed by atoms with Crippen molar-refractivity contribution in [2.24, 2.45) is 23.7 Å². The van der Waals surface area contributed by atoms with Gasteiger partial charge in [-0.15, -0.1) is 0 Å². The van der Waals surface area contributed by atoms with Gasteiger partial charge in [0.25, 0.3) is 0 Å². The maximum Gasteiger partial charge on any atom is 0.311 e. The quantitative estimate of drug-likeness (QED) is 0.230. The third-order valence-corrected chi connectivity index (χ3v) is 4.61. The molecule has 4 atom stereocenters. The number of carbonyl (C=O) groups excluding carboxylic acids is 4. The molecule has 180 valence electrons. The highest BCUT2D eigenvalue weighted by molar-refractivity contribution is 5.78. The fourth-order valence-electron chi connectivity index (χ4n) is 2.00. The largest absolute Gasteiger partial charge is 0.463 e. The van der Waals surface area contributed by atoms with E-state index in [0.29, 0.717) is 0 Å². The maximum absolute atomic E-state index is 11.8. The summed E-state index contributed by atoms with van der Waals surface area (Å²) in [6, 6.07) is 0. The molecular formula is C22H38O9. The van der Waals surface area contributed by atoms with Gasteiger partial charge in [0.05, 0.1) is 51.5 Å². The summed E-state index contributed by atoms with van der Waals surface area (Å²) in [7, 11) is 0. The minimum atomic E-state index is -0.442. The van der Waals surface area contributed by atoms with Crippen molar-refractivity contribution in [2.45, 2.75) is 41.5 Å². The average Bonchev–Trinajstić information content (AvgIpc) is 2.71. The second-order valence-corrected chi connectivity index (χ2v) is 7.85. The number of Topliss-reactive ketones (excluding diaryl/α,β-unsaturated/α-hetero) is 2. The smallest absolute Gasteiger partial charge is 0.311 e. The van der Waals surface area contributed by atoms with Crippen molar-refractivity contribution in [3.63, 3.8) is 0 Å². The monoisotopic (exact) mass is 446 g/mol. The van der Waals surface area contributed by atoms with E-state index in [1.54, 1.807) is 27.7 Å². The maximum atomic E-state index is 11.8. The van der Waals surface area contributed by atoms with Crippen LogP contribution in [0.25, 0.3) is 0 Å². The molecule has 4 unspecified atom stereocenters. The second-order valence-electron chi connectivity index (χ2n) is 7.85. The number of ether oxygens (including phenoxy) is 5. The molecule has 0 bridgehead atoms. The highest BCUT2D eigenvalue weighted by atomic mass is 16.6. The summed E-state index contributed by atoms with van der Waals surface area (Å²) in [6.45, 7) is 11.4. The first-order valence-electron chi connectivity index (χ1n) is 10.6. The summed E-state index contributed by atoms with van der Waals surface area (Å²) in [5, 5.41) is 0. The molecule has 0 aromatic carbocycles. The molecule has 0 heterocycles. The fourth-order valence-corrected chi connectivity index (χ4v) is 2.00. The van der Waals surface area contributed by atoms with E-state index in [1.165, 1.54) is 13.8 Å². The number of esters is 2. The van der Waals surface area contributed by atoms with Crippen LogP contribution in [0.1, 0.15) is 41.5 Å². The Balaban J connectivity index is 3.72. The summed E-state index contributed by atoms with van der Waals surface area (Å²) in [4.78, 5) is 46.0. The summed E-state index contributed by atoms with van der Waals surface area (Å²) in [5.41, 5.74) is 0. The van der Waals surface area contributed by atoms with Gasteiger partial charge in [-0.05, 0) is 27.7 Å². The molecule has 0 saturated heterocycles. The van der Waals surface area contributed by atoms with Gasteiger partial charge in [0.15, 0.2) is 0 Å². The van der Waals surface area contributed by atoms with Crippen LogP contribution in [0, 0.1) is 23.7 Å². The van der Waals surface area contributed by atoms with Crippen molar-refractivity contribution >= 4 is 23.5 Å². The van der Waals surface area contributed by atoms with Gasteiger partial charge < -0.3 is 23.7 Å². The average molecular weight is 447 g/mol. The lowest BCUT2D eigenvalue weighted by molar-refractivity contribution is -0.153. The third kappa shape index (κ3) is 14.7. The van der Waals surface area contributed by atoms with Gasteiger partial charge in [-0.2, -0.15) is 0 Å². The molecule has 0 saturated carbocycles. The number of rotatable bonds is 18. The third-order valence-electron chi connectivity index (χ3n) is 4.61. The van der Waals surface area contributed by atoms with Crippen molar-refractivity contribution in [3.05, 3.63) is 0 Å². The molecule has 0 rings (SSSR count). The SMILES string of the molecule is CC(=O)C(C)COCC(C)C(=O)OCCOCCOC(=O)C(C)COCC(C)C(C)=O. The highest BCUT2D eigenvalue weighted by Crippen LogP contribution is 2.04. The first-order chi connectivity index (χ1) is 14.6.